The van der Waals surface area contributed by atoms with Gasteiger partial charge in [0.25, 0.3) is 0 Å². The maximum atomic E-state index is 13.6. The van der Waals surface area contributed by atoms with Gasteiger partial charge in [0.05, 0.1) is 5.69 Å². The summed E-state index contributed by atoms with van der Waals surface area (Å²) < 4.78 is 13.6. The standard InChI is InChI=1S/C16H22FN3O2/c1-11(2)10-18-15(21)14-8-5-9-20(14)16(22)19-13-7-4-3-6-12(13)17/h3-4,6-7,11,14H,5,8-10H2,1-2H3,(H,18,21)(H,19,22)/t14-/m0/s1. The number of hydrogen-bond acceptors (Lipinski definition) is 2. The normalized spacial score (nSPS) is 17.6. The largest absolute Gasteiger partial charge is 0.354 e. The van der Waals surface area contributed by atoms with Crippen LogP contribution >= 0.6 is 0 Å². The van der Waals surface area contributed by atoms with Gasteiger partial charge in [-0.1, -0.05) is 26.0 Å². The summed E-state index contributed by atoms with van der Waals surface area (Å²) in [5, 5.41) is 5.38. The van der Waals surface area contributed by atoms with Gasteiger partial charge in [0.1, 0.15) is 11.9 Å². The summed E-state index contributed by atoms with van der Waals surface area (Å²) >= 11 is 0. The molecule has 0 aliphatic carbocycles. The predicted octanol–water partition coefficient (Wildman–Crippen LogP) is 2.59. The third kappa shape index (κ3) is 3.96. The molecule has 1 aliphatic rings. The van der Waals surface area contributed by atoms with Crippen molar-refractivity contribution in [3.63, 3.8) is 0 Å². The Morgan fingerprint density at radius 3 is 2.77 bits per heavy atom. The number of likely N-dealkylation sites (tertiary alicyclic amines) is 1. The van der Waals surface area contributed by atoms with Crippen molar-refractivity contribution in [2.45, 2.75) is 32.7 Å². The molecule has 1 aliphatic heterocycles. The number of hydrogen-bond donors (Lipinski definition) is 2. The summed E-state index contributed by atoms with van der Waals surface area (Å²) in [5.74, 6) is -0.281. The molecule has 1 atom stereocenters. The third-order valence-electron chi connectivity index (χ3n) is 3.62. The van der Waals surface area contributed by atoms with Gasteiger partial charge >= 0.3 is 6.03 Å². The average Bonchev–Trinajstić information content (AvgIpc) is 2.96. The molecule has 22 heavy (non-hydrogen) atoms. The van der Waals surface area contributed by atoms with Crippen molar-refractivity contribution in [2.75, 3.05) is 18.4 Å². The Labute approximate surface area is 129 Å². The van der Waals surface area contributed by atoms with E-state index in [1.165, 1.54) is 17.0 Å². The predicted molar refractivity (Wildman–Crippen MR) is 83.0 cm³/mol. The minimum Gasteiger partial charge on any atom is -0.354 e. The van der Waals surface area contributed by atoms with Crippen LogP contribution < -0.4 is 10.6 Å². The van der Waals surface area contributed by atoms with Crippen LogP contribution in [0.15, 0.2) is 24.3 Å². The summed E-state index contributed by atoms with van der Waals surface area (Å²) in [5.41, 5.74) is 0.126. The van der Waals surface area contributed by atoms with Gasteiger partial charge in [-0.2, -0.15) is 0 Å². The van der Waals surface area contributed by atoms with Gasteiger partial charge in [-0.25, -0.2) is 9.18 Å². The number of carbonyl (C=O) groups is 2. The highest BCUT2D eigenvalue weighted by Gasteiger charge is 2.34. The average molecular weight is 307 g/mol. The highest BCUT2D eigenvalue weighted by atomic mass is 19.1. The monoisotopic (exact) mass is 307 g/mol. The van der Waals surface area contributed by atoms with Gasteiger partial charge in [-0.05, 0) is 30.9 Å². The van der Waals surface area contributed by atoms with Crippen LogP contribution in [0.5, 0.6) is 0 Å². The molecule has 0 unspecified atom stereocenters. The number of anilines is 1. The summed E-state index contributed by atoms with van der Waals surface area (Å²) in [6.07, 6.45) is 1.40. The maximum Gasteiger partial charge on any atom is 0.322 e. The molecular formula is C16H22FN3O2. The minimum atomic E-state index is -0.490. The second-order valence-corrected chi connectivity index (χ2v) is 5.90. The number of halogens is 1. The molecule has 1 heterocycles. The van der Waals surface area contributed by atoms with Crippen molar-refractivity contribution < 1.29 is 14.0 Å². The van der Waals surface area contributed by atoms with Crippen LogP contribution in [0, 0.1) is 11.7 Å². The Morgan fingerprint density at radius 2 is 2.09 bits per heavy atom. The molecule has 6 heteroatoms. The Bertz CT molecular complexity index is 548. The van der Waals surface area contributed by atoms with E-state index in [1.54, 1.807) is 12.1 Å². The molecule has 2 rings (SSSR count). The van der Waals surface area contributed by atoms with Gasteiger partial charge in [0.15, 0.2) is 0 Å². The van der Waals surface area contributed by atoms with E-state index in [1.807, 2.05) is 13.8 Å². The second kappa shape index (κ2) is 7.24. The smallest absolute Gasteiger partial charge is 0.322 e. The fourth-order valence-corrected chi connectivity index (χ4v) is 2.45. The van der Waals surface area contributed by atoms with Crippen molar-refractivity contribution in [2.24, 2.45) is 5.92 Å². The first kappa shape index (κ1) is 16.3. The van der Waals surface area contributed by atoms with E-state index in [0.717, 1.165) is 6.42 Å². The summed E-state index contributed by atoms with van der Waals surface area (Å²) in [7, 11) is 0. The molecule has 1 fully saturated rings. The topological polar surface area (TPSA) is 61.4 Å². The molecule has 0 radical (unpaired) electrons. The van der Waals surface area contributed by atoms with Crippen molar-refractivity contribution in [1.29, 1.82) is 0 Å². The van der Waals surface area contributed by atoms with Crippen molar-refractivity contribution >= 4 is 17.6 Å². The number of para-hydroxylation sites is 1. The molecule has 0 aromatic heterocycles. The number of amides is 3. The zero-order valence-electron chi connectivity index (χ0n) is 12.9. The van der Waals surface area contributed by atoms with E-state index in [-0.39, 0.29) is 11.6 Å². The van der Waals surface area contributed by atoms with E-state index in [2.05, 4.69) is 10.6 Å². The molecule has 5 nitrogen and oxygen atoms in total. The van der Waals surface area contributed by atoms with Gasteiger partial charge in [0, 0.05) is 13.1 Å². The lowest BCUT2D eigenvalue weighted by atomic mass is 10.2. The molecule has 0 saturated carbocycles. The number of rotatable bonds is 4. The second-order valence-electron chi connectivity index (χ2n) is 5.90. The van der Waals surface area contributed by atoms with Crippen LogP contribution in [-0.2, 0) is 4.79 Å². The fraction of sp³-hybridized carbons (Fsp3) is 0.500. The number of carbonyl (C=O) groups excluding carboxylic acids is 2. The molecule has 120 valence electrons. The summed E-state index contributed by atoms with van der Waals surface area (Å²) in [6.45, 7) is 5.10. The van der Waals surface area contributed by atoms with Gasteiger partial charge < -0.3 is 15.5 Å². The Kier molecular flexibility index (Phi) is 5.35. The lowest BCUT2D eigenvalue weighted by Gasteiger charge is -2.24. The molecule has 1 aromatic rings. The molecule has 1 saturated heterocycles. The first-order chi connectivity index (χ1) is 10.5. The van der Waals surface area contributed by atoms with Crippen molar-refractivity contribution in [1.82, 2.24) is 10.2 Å². The Morgan fingerprint density at radius 1 is 1.36 bits per heavy atom. The van der Waals surface area contributed by atoms with E-state index >= 15 is 0 Å². The van der Waals surface area contributed by atoms with Crippen LogP contribution in [0.3, 0.4) is 0 Å². The van der Waals surface area contributed by atoms with Crippen LogP contribution in [0.1, 0.15) is 26.7 Å². The van der Waals surface area contributed by atoms with Crippen molar-refractivity contribution in [3.05, 3.63) is 30.1 Å². The number of benzene rings is 1. The molecule has 3 amide bonds. The van der Waals surface area contributed by atoms with E-state index in [9.17, 15) is 14.0 Å². The first-order valence-corrected chi connectivity index (χ1v) is 7.59. The minimum absolute atomic E-state index is 0.126. The molecule has 2 N–H and O–H groups in total. The Balaban J connectivity index is 1.99. The quantitative estimate of drug-likeness (QED) is 0.898. The van der Waals surface area contributed by atoms with Crippen molar-refractivity contribution in [3.8, 4) is 0 Å². The SMILES string of the molecule is CC(C)CNC(=O)[C@@H]1CCCN1C(=O)Nc1ccccc1F. The zero-order valence-corrected chi connectivity index (χ0v) is 12.9. The summed E-state index contributed by atoms with van der Waals surface area (Å²) in [6, 6.07) is 5.07. The third-order valence-corrected chi connectivity index (χ3v) is 3.62. The molecule has 1 aromatic carbocycles. The van der Waals surface area contributed by atoms with Crippen LogP contribution in [0.2, 0.25) is 0 Å². The number of urea groups is 1. The fourth-order valence-electron chi connectivity index (χ4n) is 2.45. The maximum absolute atomic E-state index is 13.6. The molecule has 0 spiro atoms. The van der Waals surface area contributed by atoms with Gasteiger partial charge in [0.2, 0.25) is 5.91 Å². The van der Waals surface area contributed by atoms with E-state index in [0.29, 0.717) is 25.4 Å². The first-order valence-electron chi connectivity index (χ1n) is 7.59. The van der Waals surface area contributed by atoms with E-state index in [4.69, 9.17) is 0 Å². The number of nitrogens with zero attached hydrogens (tertiary/aromatic N) is 1. The molecule has 0 bridgehead atoms. The highest BCUT2D eigenvalue weighted by Crippen LogP contribution is 2.20. The number of nitrogens with one attached hydrogen (secondary N) is 2. The lowest BCUT2D eigenvalue weighted by Crippen LogP contribution is -2.48. The Hall–Kier alpha value is -2.11. The van der Waals surface area contributed by atoms with E-state index < -0.39 is 17.9 Å². The highest BCUT2D eigenvalue weighted by molar-refractivity contribution is 5.94. The van der Waals surface area contributed by atoms with Gasteiger partial charge in [-0.3, -0.25) is 4.79 Å². The summed E-state index contributed by atoms with van der Waals surface area (Å²) in [4.78, 5) is 25.9. The molecular weight excluding hydrogens is 285 g/mol. The van der Waals surface area contributed by atoms with Crippen LogP contribution in [0.25, 0.3) is 0 Å². The van der Waals surface area contributed by atoms with Crippen LogP contribution in [0.4, 0.5) is 14.9 Å². The van der Waals surface area contributed by atoms with Crippen LogP contribution in [-0.4, -0.2) is 36.0 Å². The lowest BCUT2D eigenvalue weighted by molar-refractivity contribution is -0.124. The van der Waals surface area contributed by atoms with Gasteiger partial charge in [-0.15, -0.1) is 0 Å². The zero-order chi connectivity index (χ0) is 16.1.